The average molecular weight is 543 g/mol. The number of benzene rings is 2. The molecule has 0 spiro atoms. The van der Waals surface area contributed by atoms with E-state index in [2.05, 4.69) is 25.6 Å². The fourth-order valence-electron chi connectivity index (χ4n) is 4.63. The van der Waals surface area contributed by atoms with Crippen LogP contribution in [0.25, 0.3) is 27.5 Å². The number of aromatic amines is 1. The Bertz CT molecular complexity index is 1840. The first-order chi connectivity index (χ1) is 18.6. The van der Waals surface area contributed by atoms with Gasteiger partial charge in [0, 0.05) is 28.9 Å². The van der Waals surface area contributed by atoms with Crippen molar-refractivity contribution in [3.63, 3.8) is 0 Å². The molecule has 0 fully saturated rings. The lowest BCUT2D eigenvalue weighted by molar-refractivity contribution is 0.0921. The minimum atomic E-state index is -0.584. The molecule has 3 aromatic heterocycles. The van der Waals surface area contributed by atoms with Crippen LogP contribution in [0.15, 0.2) is 76.7 Å². The predicted octanol–water partition coefficient (Wildman–Crippen LogP) is 4.98. The highest BCUT2D eigenvalue weighted by Crippen LogP contribution is 2.34. The summed E-state index contributed by atoms with van der Waals surface area (Å²) in [7, 11) is 0. The highest BCUT2D eigenvalue weighted by molar-refractivity contribution is 6.36. The van der Waals surface area contributed by atoms with E-state index in [0.29, 0.717) is 38.6 Å². The average Bonchev–Trinajstić information content (AvgIpc) is 2.89. The summed E-state index contributed by atoms with van der Waals surface area (Å²) in [5.74, 6) is -0.0673. The molecule has 0 saturated heterocycles. The first-order valence-electron chi connectivity index (χ1n) is 12.4. The molecule has 0 radical (unpaired) electrons. The number of anilines is 1. The molecule has 3 N–H and O–H groups in total. The van der Waals surface area contributed by atoms with Gasteiger partial charge in [-0.3, -0.25) is 19.0 Å². The van der Waals surface area contributed by atoms with Crippen LogP contribution in [0.5, 0.6) is 0 Å². The van der Waals surface area contributed by atoms with Gasteiger partial charge in [-0.25, -0.2) is 9.97 Å². The van der Waals surface area contributed by atoms with Crippen molar-refractivity contribution in [2.75, 3.05) is 5.32 Å². The highest BCUT2D eigenvalue weighted by Gasteiger charge is 2.26. The van der Waals surface area contributed by atoms with E-state index in [-0.39, 0.29) is 22.3 Å². The van der Waals surface area contributed by atoms with E-state index in [0.717, 1.165) is 0 Å². The van der Waals surface area contributed by atoms with Crippen LogP contribution in [0.1, 0.15) is 49.8 Å². The molecule has 0 aliphatic rings. The van der Waals surface area contributed by atoms with Crippen LogP contribution in [-0.2, 0) is 0 Å². The molecule has 1 unspecified atom stereocenters. The Morgan fingerprint density at radius 2 is 1.74 bits per heavy atom. The quantitative estimate of drug-likeness (QED) is 0.288. The number of para-hydroxylation sites is 1. The summed E-state index contributed by atoms with van der Waals surface area (Å²) in [6, 6.07) is 14.9. The van der Waals surface area contributed by atoms with Gasteiger partial charge >= 0.3 is 0 Å². The number of amides is 1. The van der Waals surface area contributed by atoms with Gasteiger partial charge in [-0.05, 0) is 45.9 Å². The van der Waals surface area contributed by atoms with E-state index in [1.165, 1.54) is 23.2 Å². The van der Waals surface area contributed by atoms with Crippen LogP contribution in [0.2, 0.25) is 5.02 Å². The number of pyridine rings is 2. The van der Waals surface area contributed by atoms with Crippen molar-refractivity contribution in [1.82, 2.24) is 24.8 Å². The Labute approximate surface area is 228 Å². The molecule has 2 aromatic carbocycles. The van der Waals surface area contributed by atoms with Gasteiger partial charge in [0.2, 0.25) is 0 Å². The topological polar surface area (TPSA) is 122 Å². The van der Waals surface area contributed by atoms with Crippen LogP contribution in [0, 0.1) is 0 Å². The van der Waals surface area contributed by atoms with Gasteiger partial charge in [0.05, 0.1) is 27.7 Å². The van der Waals surface area contributed by atoms with Gasteiger partial charge in [-0.1, -0.05) is 41.9 Å². The lowest BCUT2D eigenvalue weighted by Crippen LogP contribution is -2.41. The van der Waals surface area contributed by atoms with Crippen LogP contribution >= 0.6 is 11.6 Å². The lowest BCUT2D eigenvalue weighted by Gasteiger charge is -2.24. The molecule has 1 amide bonds. The summed E-state index contributed by atoms with van der Waals surface area (Å²) in [6.07, 6.45) is 2.87. The fraction of sp³-hybridized carbons (Fsp3) is 0.207. The number of carbonyl (C=O) groups is 1. The van der Waals surface area contributed by atoms with Gasteiger partial charge in [0.25, 0.3) is 11.5 Å². The summed E-state index contributed by atoms with van der Waals surface area (Å²) < 4.78 is 1.50. The van der Waals surface area contributed by atoms with Crippen LogP contribution in [0.3, 0.4) is 0 Å². The summed E-state index contributed by atoms with van der Waals surface area (Å²) >= 11 is 7.06. The molecule has 0 saturated carbocycles. The van der Waals surface area contributed by atoms with E-state index in [1.807, 2.05) is 45.9 Å². The van der Waals surface area contributed by atoms with Crippen molar-refractivity contribution in [2.45, 2.75) is 39.3 Å². The van der Waals surface area contributed by atoms with E-state index < -0.39 is 17.1 Å². The maximum absolute atomic E-state index is 14.2. The molecular formula is C29H27ClN6O3. The highest BCUT2D eigenvalue weighted by atomic mass is 35.5. The molecule has 1 atom stereocenters. The van der Waals surface area contributed by atoms with E-state index >= 15 is 0 Å². The molecule has 10 heteroatoms. The van der Waals surface area contributed by atoms with Crippen molar-refractivity contribution >= 4 is 45.1 Å². The zero-order chi connectivity index (χ0) is 27.9. The van der Waals surface area contributed by atoms with Crippen molar-refractivity contribution in [2.24, 2.45) is 0 Å². The van der Waals surface area contributed by atoms with Gasteiger partial charge in [-0.2, -0.15) is 0 Å². The van der Waals surface area contributed by atoms with E-state index in [9.17, 15) is 14.4 Å². The second kappa shape index (κ2) is 9.99. The fourth-order valence-corrected chi connectivity index (χ4v) is 5.03. The predicted molar refractivity (Wildman–Crippen MR) is 154 cm³/mol. The van der Waals surface area contributed by atoms with Crippen LogP contribution in [0.4, 0.5) is 5.82 Å². The SMILES string of the molecule is CC(Nc1ncnc2[nH]ccc(=O)c12)c1c(Cl)c2cccc(C(=O)NC(C)(C)C)c2c(=O)n1-c1ccccc1. The molecule has 5 rings (SSSR count). The molecule has 0 aliphatic carbocycles. The van der Waals surface area contributed by atoms with Crippen molar-refractivity contribution < 1.29 is 4.79 Å². The first-order valence-corrected chi connectivity index (χ1v) is 12.8. The van der Waals surface area contributed by atoms with Gasteiger partial charge in [0.1, 0.15) is 23.2 Å². The molecule has 0 bridgehead atoms. The molecule has 198 valence electrons. The second-order valence-electron chi connectivity index (χ2n) is 10.3. The lowest BCUT2D eigenvalue weighted by atomic mass is 10.0. The van der Waals surface area contributed by atoms with Gasteiger partial charge in [0.15, 0.2) is 5.43 Å². The van der Waals surface area contributed by atoms with Crippen molar-refractivity contribution in [3.05, 3.63) is 104 Å². The number of hydrogen-bond donors (Lipinski definition) is 3. The number of nitrogens with one attached hydrogen (secondary N) is 3. The van der Waals surface area contributed by atoms with E-state index in [1.54, 1.807) is 30.3 Å². The van der Waals surface area contributed by atoms with Crippen LogP contribution < -0.4 is 21.6 Å². The smallest absolute Gasteiger partial charge is 0.264 e. The molecule has 5 aromatic rings. The van der Waals surface area contributed by atoms with Gasteiger partial charge in [-0.15, -0.1) is 0 Å². The Hall–Kier alpha value is -4.50. The Morgan fingerprint density at radius 3 is 2.46 bits per heavy atom. The number of aromatic nitrogens is 4. The molecule has 3 heterocycles. The Kier molecular flexibility index (Phi) is 6.69. The molecular weight excluding hydrogens is 516 g/mol. The number of H-pyrrole nitrogens is 1. The number of hydrogen-bond acceptors (Lipinski definition) is 6. The number of nitrogens with zero attached hydrogens (tertiary/aromatic N) is 3. The molecule has 39 heavy (non-hydrogen) atoms. The monoisotopic (exact) mass is 542 g/mol. The minimum Gasteiger partial charge on any atom is -0.361 e. The second-order valence-corrected chi connectivity index (χ2v) is 10.6. The van der Waals surface area contributed by atoms with E-state index in [4.69, 9.17) is 11.6 Å². The normalized spacial score (nSPS) is 12.4. The van der Waals surface area contributed by atoms with Gasteiger partial charge < -0.3 is 15.6 Å². The zero-order valence-corrected chi connectivity index (χ0v) is 22.6. The number of rotatable bonds is 5. The maximum atomic E-state index is 14.2. The summed E-state index contributed by atoms with van der Waals surface area (Å²) in [5, 5.41) is 7.45. The van der Waals surface area contributed by atoms with Crippen molar-refractivity contribution in [3.8, 4) is 5.69 Å². The number of halogens is 1. The first kappa shape index (κ1) is 26.1. The third-order valence-electron chi connectivity index (χ3n) is 6.24. The third kappa shape index (κ3) is 4.88. The van der Waals surface area contributed by atoms with Crippen LogP contribution in [-0.4, -0.2) is 31.0 Å². The Balaban J connectivity index is 1.76. The molecule has 0 aliphatic heterocycles. The minimum absolute atomic E-state index is 0.216. The zero-order valence-electron chi connectivity index (χ0n) is 21.9. The molecule has 9 nitrogen and oxygen atoms in total. The summed E-state index contributed by atoms with van der Waals surface area (Å²) in [4.78, 5) is 51.5. The summed E-state index contributed by atoms with van der Waals surface area (Å²) in [6.45, 7) is 7.45. The largest absolute Gasteiger partial charge is 0.361 e. The number of carbonyl (C=O) groups excluding carboxylic acids is 1. The van der Waals surface area contributed by atoms with Crippen molar-refractivity contribution in [1.29, 1.82) is 0 Å². The number of fused-ring (bicyclic) bond motifs is 2. The third-order valence-corrected chi connectivity index (χ3v) is 6.64. The standard InChI is InChI=1S/C29H27ClN6O3/c1-16(34-26-22-20(37)13-14-31-25(22)32-15-33-26)24-23(30)18-11-8-12-19(27(38)35-29(2,3)4)21(18)28(39)36(24)17-9-6-5-7-10-17/h5-16H,1-4H3,(H,35,38)(H2,31,32,33,34,37). The maximum Gasteiger partial charge on any atom is 0.264 e. The Morgan fingerprint density at radius 1 is 1.00 bits per heavy atom. The summed E-state index contributed by atoms with van der Waals surface area (Å²) in [5.41, 5.74) is 0.497.